The van der Waals surface area contributed by atoms with Gasteiger partial charge in [-0.3, -0.25) is 9.59 Å². The Morgan fingerprint density at radius 1 is 1.41 bits per heavy atom. The van der Waals surface area contributed by atoms with E-state index in [1.165, 1.54) is 0 Å². The van der Waals surface area contributed by atoms with E-state index in [9.17, 15) is 9.59 Å². The molecule has 1 saturated carbocycles. The Kier molecular flexibility index (Phi) is 5.42. The number of hydrogen-bond acceptors (Lipinski definition) is 3. The Bertz CT molecular complexity index is 571. The van der Waals surface area contributed by atoms with Gasteiger partial charge in [0.05, 0.1) is 17.2 Å². The number of amides is 2. The number of nitrogens with one attached hydrogen (secondary N) is 1. The lowest BCUT2D eigenvalue weighted by molar-refractivity contribution is -0.118. The third-order valence-corrected chi connectivity index (χ3v) is 3.91. The fourth-order valence-corrected chi connectivity index (χ4v) is 2.35. The van der Waals surface area contributed by atoms with Crippen LogP contribution in [0, 0.1) is 5.92 Å². The second-order valence-corrected chi connectivity index (χ2v) is 6.20. The fourth-order valence-electron chi connectivity index (χ4n) is 2.15. The molecule has 1 aliphatic carbocycles. The molecule has 0 atom stereocenters. The van der Waals surface area contributed by atoms with E-state index < -0.39 is 0 Å². The number of anilines is 1. The monoisotopic (exact) mass is 324 g/mol. The predicted molar refractivity (Wildman–Crippen MR) is 86.1 cm³/mol. The lowest BCUT2D eigenvalue weighted by Crippen LogP contribution is -2.35. The van der Waals surface area contributed by atoms with Crippen molar-refractivity contribution >= 4 is 29.1 Å². The van der Waals surface area contributed by atoms with Gasteiger partial charge in [0.1, 0.15) is 0 Å². The molecule has 0 aromatic heterocycles. The zero-order chi connectivity index (χ0) is 16.3. The second kappa shape index (κ2) is 7.11. The zero-order valence-electron chi connectivity index (χ0n) is 12.8. The van der Waals surface area contributed by atoms with Crippen LogP contribution in [-0.2, 0) is 4.79 Å². The van der Waals surface area contributed by atoms with Gasteiger partial charge < -0.3 is 15.3 Å². The summed E-state index contributed by atoms with van der Waals surface area (Å²) < 4.78 is 0. The molecule has 0 saturated heterocycles. The number of nitrogens with zero attached hydrogens (tertiary/aromatic N) is 1. The summed E-state index contributed by atoms with van der Waals surface area (Å²) in [6, 6.07) is 5.06. The number of hydrogen-bond donors (Lipinski definition) is 2. The highest BCUT2D eigenvalue weighted by atomic mass is 35.5. The van der Waals surface area contributed by atoms with Crippen molar-refractivity contribution < 1.29 is 14.7 Å². The van der Waals surface area contributed by atoms with E-state index in [4.69, 9.17) is 16.7 Å². The molecule has 6 heteroatoms. The number of benzene rings is 1. The third kappa shape index (κ3) is 3.99. The van der Waals surface area contributed by atoms with Gasteiger partial charge in [0.25, 0.3) is 5.91 Å². The summed E-state index contributed by atoms with van der Waals surface area (Å²) in [6.07, 6.45) is 1.90. The van der Waals surface area contributed by atoms with Crippen LogP contribution in [0.15, 0.2) is 18.2 Å². The lowest BCUT2D eigenvalue weighted by atomic mass is 10.1. The summed E-state index contributed by atoms with van der Waals surface area (Å²) in [4.78, 5) is 26.0. The van der Waals surface area contributed by atoms with Gasteiger partial charge in [-0.05, 0) is 31.0 Å². The van der Waals surface area contributed by atoms with Crippen molar-refractivity contribution in [1.82, 2.24) is 4.90 Å². The van der Waals surface area contributed by atoms with Gasteiger partial charge in [0.15, 0.2) is 0 Å². The summed E-state index contributed by atoms with van der Waals surface area (Å²) in [5, 5.41) is 12.2. The number of aliphatic hydroxyl groups excluding tert-OH is 1. The Labute approximate surface area is 135 Å². The predicted octanol–water partition coefficient (Wildman–Crippen LogP) is 2.53. The molecule has 0 bridgehead atoms. The highest BCUT2D eigenvalue weighted by molar-refractivity contribution is 6.34. The zero-order valence-corrected chi connectivity index (χ0v) is 13.6. The SMILES string of the molecule is CC(C)C(=O)Nc1ccc(Cl)c(C(=O)N(CCO)C2CC2)c1. The topological polar surface area (TPSA) is 69.6 Å². The van der Waals surface area contributed by atoms with Crippen LogP contribution in [0.5, 0.6) is 0 Å². The van der Waals surface area contributed by atoms with Gasteiger partial charge in [-0.25, -0.2) is 0 Å². The summed E-state index contributed by atoms with van der Waals surface area (Å²) >= 11 is 6.14. The van der Waals surface area contributed by atoms with Gasteiger partial charge >= 0.3 is 0 Å². The number of aliphatic hydroxyl groups is 1. The molecule has 1 aromatic carbocycles. The quantitative estimate of drug-likeness (QED) is 0.844. The molecule has 2 amide bonds. The van der Waals surface area contributed by atoms with E-state index in [1.54, 1.807) is 36.9 Å². The summed E-state index contributed by atoms with van der Waals surface area (Å²) in [5.41, 5.74) is 0.898. The molecule has 0 aliphatic heterocycles. The maximum Gasteiger partial charge on any atom is 0.255 e. The van der Waals surface area contributed by atoms with Gasteiger partial charge in [-0.2, -0.15) is 0 Å². The Balaban J connectivity index is 2.21. The van der Waals surface area contributed by atoms with Gasteiger partial charge in [0, 0.05) is 24.2 Å². The van der Waals surface area contributed by atoms with Crippen molar-refractivity contribution in [3.05, 3.63) is 28.8 Å². The van der Waals surface area contributed by atoms with Crippen molar-refractivity contribution in [2.75, 3.05) is 18.5 Å². The lowest BCUT2D eigenvalue weighted by Gasteiger charge is -2.22. The van der Waals surface area contributed by atoms with Crippen LogP contribution < -0.4 is 5.32 Å². The van der Waals surface area contributed by atoms with E-state index in [1.807, 2.05) is 0 Å². The summed E-state index contributed by atoms with van der Waals surface area (Å²) in [5.74, 6) is -0.468. The first-order valence-corrected chi connectivity index (χ1v) is 7.84. The molecule has 1 aromatic rings. The molecule has 1 fully saturated rings. The Hall–Kier alpha value is -1.59. The van der Waals surface area contributed by atoms with Crippen LogP contribution in [0.3, 0.4) is 0 Å². The second-order valence-electron chi connectivity index (χ2n) is 5.79. The van der Waals surface area contributed by atoms with Crippen molar-refractivity contribution in [2.45, 2.75) is 32.7 Å². The fraction of sp³-hybridized carbons (Fsp3) is 0.500. The molecule has 0 heterocycles. The molecule has 22 heavy (non-hydrogen) atoms. The number of rotatable bonds is 6. The van der Waals surface area contributed by atoms with E-state index in [0.717, 1.165) is 12.8 Å². The average Bonchev–Trinajstić information content (AvgIpc) is 3.30. The Morgan fingerprint density at radius 2 is 2.09 bits per heavy atom. The smallest absolute Gasteiger partial charge is 0.255 e. The molecular weight excluding hydrogens is 304 g/mol. The molecular formula is C16H21ClN2O3. The first-order valence-electron chi connectivity index (χ1n) is 7.46. The number of carbonyl (C=O) groups excluding carboxylic acids is 2. The van der Waals surface area contributed by atoms with Crippen molar-refractivity contribution in [2.24, 2.45) is 5.92 Å². The number of carbonyl (C=O) groups is 2. The highest BCUT2D eigenvalue weighted by Crippen LogP contribution is 2.30. The molecule has 2 N–H and O–H groups in total. The van der Waals surface area contributed by atoms with Crippen LogP contribution in [0.25, 0.3) is 0 Å². The van der Waals surface area contributed by atoms with Crippen LogP contribution in [0.2, 0.25) is 5.02 Å². The van der Waals surface area contributed by atoms with Crippen LogP contribution in [0.4, 0.5) is 5.69 Å². The molecule has 1 aliphatic rings. The minimum Gasteiger partial charge on any atom is -0.395 e. The molecule has 120 valence electrons. The molecule has 5 nitrogen and oxygen atoms in total. The van der Waals surface area contributed by atoms with Gasteiger partial charge in [-0.1, -0.05) is 25.4 Å². The normalized spacial score (nSPS) is 14.0. The van der Waals surface area contributed by atoms with E-state index in [0.29, 0.717) is 22.8 Å². The molecule has 0 spiro atoms. The first-order chi connectivity index (χ1) is 10.4. The maximum absolute atomic E-state index is 12.6. The Morgan fingerprint density at radius 3 is 2.64 bits per heavy atom. The van der Waals surface area contributed by atoms with E-state index in [2.05, 4.69) is 5.32 Å². The van der Waals surface area contributed by atoms with Crippen molar-refractivity contribution in [1.29, 1.82) is 0 Å². The third-order valence-electron chi connectivity index (χ3n) is 3.58. The summed E-state index contributed by atoms with van der Waals surface area (Å²) in [6.45, 7) is 3.81. The van der Waals surface area contributed by atoms with Gasteiger partial charge in [-0.15, -0.1) is 0 Å². The summed E-state index contributed by atoms with van der Waals surface area (Å²) in [7, 11) is 0. The van der Waals surface area contributed by atoms with Crippen LogP contribution in [0.1, 0.15) is 37.0 Å². The van der Waals surface area contributed by atoms with E-state index in [-0.39, 0.29) is 30.4 Å². The molecule has 0 unspecified atom stereocenters. The first kappa shape index (κ1) is 16.8. The highest BCUT2D eigenvalue weighted by Gasteiger charge is 2.33. The van der Waals surface area contributed by atoms with Crippen LogP contribution >= 0.6 is 11.6 Å². The van der Waals surface area contributed by atoms with Crippen LogP contribution in [-0.4, -0.2) is 41.0 Å². The van der Waals surface area contributed by atoms with Crippen molar-refractivity contribution in [3.63, 3.8) is 0 Å². The van der Waals surface area contributed by atoms with Gasteiger partial charge in [0.2, 0.25) is 5.91 Å². The number of halogens is 1. The molecule has 0 radical (unpaired) electrons. The largest absolute Gasteiger partial charge is 0.395 e. The minimum atomic E-state index is -0.206. The average molecular weight is 325 g/mol. The van der Waals surface area contributed by atoms with E-state index >= 15 is 0 Å². The standard InChI is InChI=1S/C16H21ClN2O3/c1-10(2)15(21)18-11-3-6-14(17)13(9-11)16(22)19(7-8-20)12-4-5-12/h3,6,9-10,12,20H,4-5,7-8H2,1-2H3,(H,18,21). The minimum absolute atomic E-state index is 0.0797. The van der Waals surface area contributed by atoms with Crippen molar-refractivity contribution in [3.8, 4) is 0 Å². The molecule has 2 rings (SSSR count). The maximum atomic E-state index is 12.6.